The van der Waals surface area contributed by atoms with Gasteiger partial charge in [0.05, 0.1) is 22.3 Å². The lowest BCUT2D eigenvalue weighted by atomic mass is 10.1. The van der Waals surface area contributed by atoms with Gasteiger partial charge in [0.25, 0.3) is 0 Å². The first kappa shape index (κ1) is 16.3. The first-order chi connectivity index (χ1) is 10.5. The number of halogens is 2. The third-order valence-corrected chi connectivity index (χ3v) is 3.58. The molecule has 22 heavy (non-hydrogen) atoms. The van der Waals surface area contributed by atoms with Crippen molar-refractivity contribution in [2.24, 2.45) is 0 Å². The van der Waals surface area contributed by atoms with E-state index in [-0.39, 0.29) is 18.2 Å². The van der Waals surface area contributed by atoms with Crippen molar-refractivity contribution in [2.75, 3.05) is 17.2 Å². The van der Waals surface area contributed by atoms with Crippen LogP contribution in [-0.4, -0.2) is 18.2 Å². The molecule has 0 radical (unpaired) electrons. The van der Waals surface area contributed by atoms with E-state index in [0.717, 1.165) is 0 Å². The minimum absolute atomic E-state index is 0.0307. The highest BCUT2D eigenvalue weighted by Gasteiger charge is 2.09. The van der Waals surface area contributed by atoms with Crippen molar-refractivity contribution in [3.63, 3.8) is 0 Å². The van der Waals surface area contributed by atoms with Crippen LogP contribution in [0.5, 0.6) is 0 Å². The average Bonchev–Trinajstić information content (AvgIpc) is 2.49. The van der Waals surface area contributed by atoms with E-state index in [1.54, 1.807) is 42.5 Å². The Morgan fingerprint density at radius 2 is 1.68 bits per heavy atom. The molecule has 2 N–H and O–H groups in total. The number of Topliss-reactive ketones (excluding diaryl/α,β-unsaturated/α-hetero) is 1. The summed E-state index contributed by atoms with van der Waals surface area (Å²) in [6, 6.07) is 11.9. The van der Waals surface area contributed by atoms with Gasteiger partial charge in [-0.1, -0.05) is 41.4 Å². The lowest BCUT2D eigenvalue weighted by Crippen LogP contribution is -2.22. The van der Waals surface area contributed by atoms with Crippen LogP contribution in [0.3, 0.4) is 0 Å². The number of carbonyl (C=O) groups is 2. The number of para-hydroxylation sites is 1. The van der Waals surface area contributed by atoms with Gasteiger partial charge < -0.3 is 10.6 Å². The summed E-state index contributed by atoms with van der Waals surface area (Å²) in [5, 5.41) is 6.35. The number of hydrogen-bond donors (Lipinski definition) is 2. The highest BCUT2D eigenvalue weighted by atomic mass is 35.5. The second-order valence-electron chi connectivity index (χ2n) is 4.64. The summed E-state index contributed by atoms with van der Waals surface area (Å²) in [7, 11) is 0. The van der Waals surface area contributed by atoms with Crippen molar-refractivity contribution in [2.45, 2.75) is 6.92 Å². The molecule has 0 atom stereocenters. The van der Waals surface area contributed by atoms with Gasteiger partial charge in [0.1, 0.15) is 0 Å². The number of ketones is 1. The Kier molecular flexibility index (Phi) is 5.41. The zero-order valence-corrected chi connectivity index (χ0v) is 13.3. The Morgan fingerprint density at radius 1 is 1.05 bits per heavy atom. The molecule has 4 nitrogen and oxygen atoms in total. The fraction of sp³-hybridized carbons (Fsp3) is 0.125. The molecule has 1 amide bonds. The second kappa shape index (κ2) is 7.29. The maximum absolute atomic E-state index is 12.0. The molecule has 2 aromatic carbocycles. The van der Waals surface area contributed by atoms with E-state index in [2.05, 4.69) is 10.6 Å². The molecular weight excluding hydrogens is 323 g/mol. The highest BCUT2D eigenvalue weighted by Crippen LogP contribution is 2.29. The Balaban J connectivity index is 1.99. The van der Waals surface area contributed by atoms with E-state index in [1.165, 1.54) is 6.92 Å². The zero-order valence-electron chi connectivity index (χ0n) is 11.8. The fourth-order valence-corrected chi connectivity index (χ4v) is 2.32. The molecule has 6 heteroatoms. The summed E-state index contributed by atoms with van der Waals surface area (Å²) in [5.41, 5.74) is 1.66. The Hall–Kier alpha value is -2.04. The summed E-state index contributed by atoms with van der Waals surface area (Å²) in [5.74, 6) is -0.320. The summed E-state index contributed by atoms with van der Waals surface area (Å²) in [6.07, 6.45) is 0. The molecule has 0 fully saturated rings. The molecule has 0 spiro atoms. The number of hydrogen-bond acceptors (Lipinski definition) is 3. The molecular formula is C16H14Cl2N2O2. The fourth-order valence-electron chi connectivity index (χ4n) is 1.83. The number of amides is 1. The van der Waals surface area contributed by atoms with Gasteiger partial charge in [-0.3, -0.25) is 9.59 Å². The molecule has 0 heterocycles. The first-order valence-electron chi connectivity index (χ1n) is 6.56. The Labute approximate surface area is 138 Å². The average molecular weight is 337 g/mol. The van der Waals surface area contributed by atoms with Gasteiger partial charge in [0.2, 0.25) is 5.91 Å². The summed E-state index contributed by atoms with van der Waals surface area (Å²) < 4.78 is 0. The van der Waals surface area contributed by atoms with Crippen molar-refractivity contribution < 1.29 is 9.59 Å². The van der Waals surface area contributed by atoms with Crippen LogP contribution in [0.25, 0.3) is 0 Å². The molecule has 0 aliphatic heterocycles. The van der Waals surface area contributed by atoms with Crippen molar-refractivity contribution in [3.05, 3.63) is 58.1 Å². The van der Waals surface area contributed by atoms with Gasteiger partial charge in [-0.05, 0) is 31.2 Å². The third kappa shape index (κ3) is 4.23. The predicted octanol–water partition coefficient (Wildman–Crippen LogP) is 4.25. The van der Waals surface area contributed by atoms with Gasteiger partial charge in [0.15, 0.2) is 5.78 Å². The number of rotatable bonds is 5. The minimum atomic E-state index is -0.289. The predicted molar refractivity (Wildman–Crippen MR) is 90.0 cm³/mol. The van der Waals surface area contributed by atoms with Crippen molar-refractivity contribution >= 4 is 46.3 Å². The van der Waals surface area contributed by atoms with Gasteiger partial charge >= 0.3 is 0 Å². The molecule has 2 aromatic rings. The first-order valence-corrected chi connectivity index (χ1v) is 7.31. The van der Waals surface area contributed by atoms with Crippen molar-refractivity contribution in [3.8, 4) is 0 Å². The number of benzene rings is 2. The maximum atomic E-state index is 12.0. The van der Waals surface area contributed by atoms with E-state index in [4.69, 9.17) is 23.2 Å². The quantitative estimate of drug-likeness (QED) is 0.802. The second-order valence-corrected chi connectivity index (χ2v) is 5.45. The van der Waals surface area contributed by atoms with E-state index in [0.29, 0.717) is 27.0 Å². The van der Waals surface area contributed by atoms with Crippen molar-refractivity contribution in [1.82, 2.24) is 0 Å². The highest BCUT2D eigenvalue weighted by molar-refractivity contribution is 6.39. The van der Waals surface area contributed by atoms with Gasteiger partial charge in [-0.2, -0.15) is 0 Å². The molecule has 0 aliphatic rings. The smallest absolute Gasteiger partial charge is 0.243 e. The standard InChI is InChI=1S/C16H14Cl2N2O2/c1-10(21)11-4-2-5-12(8-11)19-9-15(22)20-16-13(17)6-3-7-14(16)18/h2-8,19H,9H2,1H3,(H,20,22). The Bertz CT molecular complexity index is 697. The van der Waals surface area contributed by atoms with Crippen LogP contribution in [0.15, 0.2) is 42.5 Å². The van der Waals surface area contributed by atoms with Gasteiger partial charge in [0, 0.05) is 11.3 Å². The summed E-state index contributed by atoms with van der Waals surface area (Å²) >= 11 is 12.0. The number of carbonyl (C=O) groups excluding carboxylic acids is 2. The topological polar surface area (TPSA) is 58.2 Å². The van der Waals surface area contributed by atoms with Crippen LogP contribution >= 0.6 is 23.2 Å². The van der Waals surface area contributed by atoms with Gasteiger partial charge in [-0.15, -0.1) is 0 Å². The largest absolute Gasteiger partial charge is 0.376 e. The molecule has 114 valence electrons. The van der Waals surface area contributed by atoms with Crippen LogP contribution < -0.4 is 10.6 Å². The van der Waals surface area contributed by atoms with E-state index in [9.17, 15) is 9.59 Å². The third-order valence-electron chi connectivity index (χ3n) is 2.95. The van der Waals surface area contributed by atoms with Crippen LogP contribution in [-0.2, 0) is 4.79 Å². The van der Waals surface area contributed by atoms with E-state index >= 15 is 0 Å². The lowest BCUT2D eigenvalue weighted by Gasteiger charge is -2.11. The number of nitrogens with one attached hydrogen (secondary N) is 2. The van der Waals surface area contributed by atoms with Gasteiger partial charge in [-0.25, -0.2) is 0 Å². The monoisotopic (exact) mass is 336 g/mol. The number of anilines is 2. The zero-order chi connectivity index (χ0) is 16.1. The molecule has 0 saturated heterocycles. The SMILES string of the molecule is CC(=O)c1cccc(NCC(=O)Nc2c(Cl)cccc2Cl)c1. The summed E-state index contributed by atoms with van der Waals surface area (Å²) in [6.45, 7) is 1.52. The molecule has 0 saturated carbocycles. The van der Waals surface area contributed by atoms with Crippen molar-refractivity contribution in [1.29, 1.82) is 0 Å². The molecule has 0 unspecified atom stereocenters. The molecule has 0 aromatic heterocycles. The Morgan fingerprint density at radius 3 is 2.32 bits per heavy atom. The van der Waals surface area contributed by atoms with E-state index in [1.807, 2.05) is 0 Å². The lowest BCUT2D eigenvalue weighted by molar-refractivity contribution is -0.114. The minimum Gasteiger partial charge on any atom is -0.376 e. The van der Waals surface area contributed by atoms with Crippen LogP contribution in [0.4, 0.5) is 11.4 Å². The molecule has 0 bridgehead atoms. The van der Waals surface area contributed by atoms with Crippen LogP contribution in [0.1, 0.15) is 17.3 Å². The molecule has 0 aliphatic carbocycles. The van der Waals surface area contributed by atoms with Crippen LogP contribution in [0.2, 0.25) is 10.0 Å². The summed E-state index contributed by atoms with van der Waals surface area (Å²) in [4.78, 5) is 23.3. The van der Waals surface area contributed by atoms with E-state index < -0.39 is 0 Å². The maximum Gasteiger partial charge on any atom is 0.243 e. The molecule has 2 rings (SSSR count). The normalized spacial score (nSPS) is 10.1. The van der Waals surface area contributed by atoms with Crippen LogP contribution in [0, 0.1) is 0 Å².